The molecular formula is C7H17ClN2O2S. The van der Waals surface area contributed by atoms with E-state index in [1.54, 1.807) is 0 Å². The van der Waals surface area contributed by atoms with Gasteiger partial charge in [-0.2, -0.15) is 12.6 Å². The number of nitrogens with two attached hydrogens (primary N) is 2. The summed E-state index contributed by atoms with van der Waals surface area (Å²) in [5.41, 5.74) is 9.78. The van der Waals surface area contributed by atoms with Crippen molar-refractivity contribution in [3.05, 3.63) is 0 Å². The Bertz CT molecular complexity index is 178. The number of aliphatic carboxylic acids is 1. The SMILES string of the molecule is CCC(N)C(S)C(C)(N)C(=O)O.Cl. The zero-order valence-electron chi connectivity index (χ0n) is 7.73. The molecule has 3 unspecified atom stereocenters. The fraction of sp³-hybridized carbons (Fsp3) is 0.857. The highest BCUT2D eigenvalue weighted by molar-refractivity contribution is 7.81. The molecular weight excluding hydrogens is 212 g/mol. The second-order valence-corrected chi connectivity index (χ2v) is 3.66. The number of hydrogen-bond acceptors (Lipinski definition) is 4. The van der Waals surface area contributed by atoms with Gasteiger partial charge in [0.2, 0.25) is 0 Å². The van der Waals surface area contributed by atoms with Gasteiger partial charge < -0.3 is 16.6 Å². The summed E-state index contributed by atoms with van der Waals surface area (Å²) in [5.74, 6) is -1.08. The van der Waals surface area contributed by atoms with Gasteiger partial charge in [0, 0.05) is 11.3 Å². The quantitative estimate of drug-likeness (QED) is 0.520. The molecule has 4 nitrogen and oxygen atoms in total. The first-order valence-electron chi connectivity index (χ1n) is 3.80. The molecule has 0 aliphatic carbocycles. The molecule has 0 saturated carbocycles. The monoisotopic (exact) mass is 228 g/mol. The van der Waals surface area contributed by atoms with Crippen LogP contribution in [0, 0.1) is 0 Å². The average Bonchev–Trinajstić information content (AvgIpc) is 2.01. The second kappa shape index (κ2) is 5.70. The van der Waals surface area contributed by atoms with Crippen molar-refractivity contribution in [3.63, 3.8) is 0 Å². The van der Waals surface area contributed by atoms with Gasteiger partial charge in [0.15, 0.2) is 0 Å². The minimum absolute atomic E-state index is 0. The van der Waals surface area contributed by atoms with E-state index in [4.69, 9.17) is 16.6 Å². The lowest BCUT2D eigenvalue weighted by atomic mass is 9.93. The molecule has 0 aromatic heterocycles. The van der Waals surface area contributed by atoms with Crippen LogP contribution in [-0.4, -0.2) is 27.9 Å². The van der Waals surface area contributed by atoms with Crippen molar-refractivity contribution in [2.45, 2.75) is 37.1 Å². The lowest BCUT2D eigenvalue weighted by molar-refractivity contribution is -0.142. The summed E-state index contributed by atoms with van der Waals surface area (Å²) < 4.78 is 0. The van der Waals surface area contributed by atoms with Crippen molar-refractivity contribution in [3.8, 4) is 0 Å². The summed E-state index contributed by atoms with van der Waals surface area (Å²) in [6, 6.07) is -0.292. The first-order valence-corrected chi connectivity index (χ1v) is 4.31. The molecule has 6 heteroatoms. The van der Waals surface area contributed by atoms with Crippen molar-refractivity contribution >= 4 is 31.0 Å². The van der Waals surface area contributed by atoms with E-state index in [9.17, 15) is 4.79 Å². The van der Waals surface area contributed by atoms with Crippen LogP contribution in [0.1, 0.15) is 20.3 Å². The molecule has 0 aromatic rings. The molecule has 0 aliphatic rings. The minimum atomic E-state index is -1.36. The summed E-state index contributed by atoms with van der Waals surface area (Å²) in [7, 11) is 0. The Morgan fingerprint density at radius 2 is 2.08 bits per heavy atom. The van der Waals surface area contributed by atoms with Crippen molar-refractivity contribution < 1.29 is 9.90 Å². The molecule has 80 valence electrons. The molecule has 0 amide bonds. The van der Waals surface area contributed by atoms with Gasteiger partial charge in [-0.05, 0) is 13.3 Å². The molecule has 5 N–H and O–H groups in total. The smallest absolute Gasteiger partial charge is 0.324 e. The third-order valence-electron chi connectivity index (χ3n) is 1.95. The predicted molar refractivity (Wildman–Crippen MR) is 58.5 cm³/mol. The lowest BCUT2D eigenvalue weighted by Crippen LogP contribution is -2.58. The molecule has 0 bridgehead atoms. The van der Waals surface area contributed by atoms with Crippen molar-refractivity contribution in [1.82, 2.24) is 0 Å². The van der Waals surface area contributed by atoms with Crippen LogP contribution in [0.15, 0.2) is 0 Å². The van der Waals surface area contributed by atoms with Crippen LogP contribution in [0.25, 0.3) is 0 Å². The van der Waals surface area contributed by atoms with Gasteiger partial charge in [-0.3, -0.25) is 4.79 Å². The van der Waals surface area contributed by atoms with E-state index in [0.717, 1.165) is 0 Å². The average molecular weight is 229 g/mol. The zero-order chi connectivity index (χ0) is 9.94. The number of carbonyl (C=O) groups is 1. The molecule has 0 radical (unpaired) electrons. The third-order valence-corrected chi connectivity index (χ3v) is 2.87. The molecule has 13 heavy (non-hydrogen) atoms. The Labute approximate surface area is 89.9 Å². The van der Waals surface area contributed by atoms with Crippen molar-refractivity contribution in [2.24, 2.45) is 11.5 Å². The number of carboxylic acid groups (broad SMARTS) is 1. The maximum absolute atomic E-state index is 10.7. The highest BCUT2D eigenvalue weighted by Gasteiger charge is 2.38. The Balaban J connectivity index is 0. The fourth-order valence-corrected chi connectivity index (χ4v) is 1.12. The molecule has 0 saturated heterocycles. The summed E-state index contributed by atoms with van der Waals surface area (Å²) in [6.45, 7) is 3.29. The van der Waals surface area contributed by atoms with E-state index in [-0.39, 0.29) is 18.4 Å². The molecule has 0 rings (SSSR count). The van der Waals surface area contributed by atoms with E-state index < -0.39 is 16.8 Å². The van der Waals surface area contributed by atoms with Crippen LogP contribution in [0.5, 0.6) is 0 Å². The standard InChI is InChI=1S/C7H16N2O2S.ClH/c1-3-4(8)5(12)7(2,9)6(10)11;/h4-5,12H,3,8-9H2,1-2H3,(H,10,11);1H. The van der Waals surface area contributed by atoms with Gasteiger partial charge in [0.25, 0.3) is 0 Å². The number of carboxylic acids is 1. The Kier molecular flexibility index (Phi) is 6.79. The lowest BCUT2D eigenvalue weighted by Gasteiger charge is -2.30. The summed E-state index contributed by atoms with van der Waals surface area (Å²) in [4.78, 5) is 10.7. The molecule has 0 fully saturated rings. The Hall–Kier alpha value is 0.0300. The van der Waals surface area contributed by atoms with E-state index in [2.05, 4.69) is 12.6 Å². The number of thiol groups is 1. The van der Waals surface area contributed by atoms with Gasteiger partial charge in [-0.1, -0.05) is 6.92 Å². The maximum Gasteiger partial charge on any atom is 0.324 e. The second-order valence-electron chi connectivity index (χ2n) is 3.10. The zero-order valence-corrected chi connectivity index (χ0v) is 9.44. The molecule has 0 aromatic carbocycles. The normalized spacial score (nSPS) is 19.5. The first kappa shape index (κ1) is 15.5. The van der Waals surface area contributed by atoms with E-state index in [1.165, 1.54) is 6.92 Å². The molecule has 0 heterocycles. The number of hydrogen-bond donors (Lipinski definition) is 4. The van der Waals surface area contributed by atoms with Crippen LogP contribution < -0.4 is 11.5 Å². The summed E-state index contributed by atoms with van der Waals surface area (Å²) >= 11 is 4.09. The minimum Gasteiger partial charge on any atom is -0.480 e. The highest BCUT2D eigenvalue weighted by Crippen LogP contribution is 2.17. The van der Waals surface area contributed by atoms with Gasteiger partial charge in [-0.15, -0.1) is 12.4 Å². The fourth-order valence-electron chi connectivity index (χ4n) is 0.794. The molecule has 0 spiro atoms. The van der Waals surface area contributed by atoms with Gasteiger partial charge in [0.1, 0.15) is 5.54 Å². The van der Waals surface area contributed by atoms with E-state index in [0.29, 0.717) is 6.42 Å². The highest BCUT2D eigenvalue weighted by atomic mass is 35.5. The van der Waals surface area contributed by atoms with Crippen molar-refractivity contribution in [1.29, 1.82) is 0 Å². The predicted octanol–water partition coefficient (Wildman–Crippen LogP) is 0.246. The number of rotatable bonds is 4. The van der Waals surface area contributed by atoms with Crippen LogP contribution in [0.3, 0.4) is 0 Å². The molecule has 3 atom stereocenters. The summed E-state index contributed by atoms with van der Waals surface area (Å²) in [5, 5.41) is 8.20. The third kappa shape index (κ3) is 3.72. The van der Waals surface area contributed by atoms with E-state index in [1.807, 2.05) is 6.92 Å². The van der Waals surface area contributed by atoms with Crippen LogP contribution >= 0.6 is 25.0 Å². The first-order chi connectivity index (χ1) is 5.34. The van der Waals surface area contributed by atoms with Crippen LogP contribution in [0.4, 0.5) is 0 Å². The van der Waals surface area contributed by atoms with Crippen molar-refractivity contribution in [2.75, 3.05) is 0 Å². The Morgan fingerprint density at radius 3 is 2.31 bits per heavy atom. The van der Waals surface area contributed by atoms with Gasteiger partial charge >= 0.3 is 5.97 Å². The van der Waals surface area contributed by atoms with Crippen LogP contribution in [-0.2, 0) is 4.79 Å². The topological polar surface area (TPSA) is 89.3 Å². The Morgan fingerprint density at radius 1 is 1.69 bits per heavy atom. The van der Waals surface area contributed by atoms with E-state index >= 15 is 0 Å². The largest absolute Gasteiger partial charge is 0.480 e. The molecule has 0 aliphatic heterocycles. The van der Waals surface area contributed by atoms with Gasteiger partial charge in [0.05, 0.1) is 0 Å². The number of halogens is 1. The maximum atomic E-state index is 10.7. The van der Waals surface area contributed by atoms with Gasteiger partial charge in [-0.25, -0.2) is 0 Å². The summed E-state index contributed by atoms with van der Waals surface area (Å²) in [6.07, 6.45) is 0.661. The van der Waals surface area contributed by atoms with Crippen LogP contribution in [0.2, 0.25) is 0 Å².